The van der Waals surface area contributed by atoms with Gasteiger partial charge in [0.15, 0.2) is 0 Å². The quantitative estimate of drug-likeness (QED) is 0.777. The van der Waals surface area contributed by atoms with Gasteiger partial charge in [0.25, 0.3) is 0 Å². The summed E-state index contributed by atoms with van der Waals surface area (Å²) in [4.78, 5) is 11.4. The fourth-order valence-electron chi connectivity index (χ4n) is 2.95. The van der Waals surface area contributed by atoms with Crippen LogP contribution in [0.5, 0.6) is 0 Å². The molecule has 0 aliphatic carbocycles. The van der Waals surface area contributed by atoms with Crippen molar-refractivity contribution in [1.29, 1.82) is 0 Å². The number of alkyl halides is 3. The van der Waals surface area contributed by atoms with Crippen molar-refractivity contribution in [3.8, 4) is 0 Å². The lowest BCUT2D eigenvalue weighted by molar-refractivity contribution is -0.168. The topological polar surface area (TPSA) is 32.3 Å². The third-order valence-electron chi connectivity index (χ3n) is 4.31. The summed E-state index contributed by atoms with van der Waals surface area (Å²) >= 11 is 0.685. The number of amides is 2. The van der Waals surface area contributed by atoms with E-state index in [1.807, 2.05) is 6.92 Å². The number of rotatable bonds is 1. The fraction of sp³-hybridized carbons (Fsp3) is 0.471. The van der Waals surface area contributed by atoms with Gasteiger partial charge in [0.2, 0.25) is 4.87 Å². The minimum atomic E-state index is -4.61. The molecule has 1 N–H and O–H groups in total. The molecule has 0 spiro atoms. The zero-order valence-corrected chi connectivity index (χ0v) is 14.1. The second kappa shape index (κ2) is 6.35. The third kappa shape index (κ3) is 3.01. The molecule has 24 heavy (non-hydrogen) atoms. The number of hydrogen-bond acceptors (Lipinski definition) is 2. The van der Waals surface area contributed by atoms with Crippen LogP contribution in [0, 0.1) is 6.92 Å². The summed E-state index contributed by atoms with van der Waals surface area (Å²) in [6, 6.07) is 5.47. The Labute approximate surface area is 143 Å². The Morgan fingerprint density at radius 1 is 1.17 bits per heavy atom. The van der Waals surface area contributed by atoms with Crippen LogP contribution in [0.4, 0.5) is 18.0 Å². The molecular formula is C17H19F3N2OS. The number of halogens is 3. The Hall–Kier alpha value is -1.63. The Morgan fingerprint density at radius 3 is 2.54 bits per heavy atom. The van der Waals surface area contributed by atoms with E-state index in [0.717, 1.165) is 24.8 Å². The molecule has 0 radical (unpaired) electrons. The molecule has 0 saturated carbocycles. The number of carbonyl (C=O) groups excluding carboxylic acids is 1. The Morgan fingerprint density at radius 2 is 1.88 bits per heavy atom. The van der Waals surface area contributed by atoms with Crippen molar-refractivity contribution in [2.75, 3.05) is 6.54 Å². The molecule has 1 atom stereocenters. The van der Waals surface area contributed by atoms with E-state index in [4.69, 9.17) is 0 Å². The van der Waals surface area contributed by atoms with Gasteiger partial charge in [-0.3, -0.25) is 4.90 Å². The smallest absolute Gasteiger partial charge is 0.311 e. The first-order valence-electron chi connectivity index (χ1n) is 7.96. The first-order valence-corrected chi connectivity index (χ1v) is 8.78. The number of carbonyl (C=O) groups is 1. The van der Waals surface area contributed by atoms with Crippen LogP contribution in [-0.2, 0) is 4.87 Å². The van der Waals surface area contributed by atoms with E-state index in [2.05, 4.69) is 5.32 Å². The molecular weight excluding hydrogens is 337 g/mol. The molecule has 0 bridgehead atoms. The Bertz CT molecular complexity index is 657. The van der Waals surface area contributed by atoms with Gasteiger partial charge in [0.1, 0.15) is 0 Å². The molecule has 1 fully saturated rings. The van der Waals surface area contributed by atoms with Gasteiger partial charge in [-0.1, -0.05) is 54.1 Å². The highest BCUT2D eigenvalue weighted by Crippen LogP contribution is 2.53. The van der Waals surface area contributed by atoms with Gasteiger partial charge >= 0.3 is 12.2 Å². The molecule has 1 aromatic rings. The average Bonchev–Trinajstić information content (AvgIpc) is 2.48. The third-order valence-corrected chi connectivity index (χ3v) is 5.79. The van der Waals surface area contributed by atoms with Crippen LogP contribution in [0.15, 0.2) is 35.4 Å². The standard InChI is InChI=1S/C17H19F3N2OS/c1-12-7-9-13(10-8-12)16(17(18,19)20)21-15(23)22-11-5-3-2-4-6-14(22)24-16/h6-10H,2-5,11H2,1H3,(H,21,23)/b14-6+. The van der Waals surface area contributed by atoms with Crippen LogP contribution in [0.25, 0.3) is 0 Å². The van der Waals surface area contributed by atoms with E-state index < -0.39 is 17.1 Å². The minimum absolute atomic E-state index is 0.0431. The predicted molar refractivity (Wildman–Crippen MR) is 88.3 cm³/mol. The average molecular weight is 356 g/mol. The molecule has 1 unspecified atom stereocenters. The van der Waals surface area contributed by atoms with Gasteiger partial charge in [-0.2, -0.15) is 13.2 Å². The lowest BCUT2D eigenvalue weighted by atomic mass is 10.0. The lowest BCUT2D eigenvalue weighted by Crippen LogP contribution is -2.60. The van der Waals surface area contributed by atoms with Crippen molar-refractivity contribution in [3.63, 3.8) is 0 Å². The van der Waals surface area contributed by atoms with E-state index in [1.165, 1.54) is 17.0 Å². The van der Waals surface area contributed by atoms with E-state index in [-0.39, 0.29) is 5.56 Å². The largest absolute Gasteiger partial charge is 0.425 e. The summed E-state index contributed by atoms with van der Waals surface area (Å²) in [5, 5.41) is 2.64. The number of allylic oxidation sites excluding steroid dienone is 1. The summed E-state index contributed by atoms with van der Waals surface area (Å²) in [6.07, 6.45) is 0.543. The maximum Gasteiger partial charge on any atom is 0.425 e. The number of benzene rings is 1. The maximum atomic E-state index is 14.0. The van der Waals surface area contributed by atoms with E-state index in [9.17, 15) is 18.0 Å². The highest BCUT2D eigenvalue weighted by atomic mass is 32.2. The zero-order valence-electron chi connectivity index (χ0n) is 13.3. The molecule has 2 aliphatic heterocycles. The first-order chi connectivity index (χ1) is 11.3. The van der Waals surface area contributed by atoms with Crippen molar-refractivity contribution in [2.45, 2.75) is 43.7 Å². The second-order valence-electron chi connectivity index (χ2n) is 6.12. The van der Waals surface area contributed by atoms with Crippen LogP contribution in [0.1, 0.15) is 36.8 Å². The SMILES string of the molecule is Cc1ccc(C2(C(F)(F)F)NC(=O)N3CCCCC/C=C\3S2)cc1. The number of aryl methyl sites for hydroxylation is 1. The fourth-order valence-corrected chi connectivity index (χ4v) is 4.25. The van der Waals surface area contributed by atoms with Crippen molar-refractivity contribution in [3.05, 3.63) is 46.5 Å². The van der Waals surface area contributed by atoms with Crippen LogP contribution in [0.3, 0.4) is 0 Å². The second-order valence-corrected chi connectivity index (χ2v) is 7.36. The summed E-state index contributed by atoms with van der Waals surface area (Å²) in [5.41, 5.74) is 0.913. The number of fused-ring (bicyclic) bond motifs is 1. The van der Waals surface area contributed by atoms with Gasteiger partial charge in [-0.15, -0.1) is 0 Å². The number of nitrogens with zero attached hydrogens (tertiary/aromatic N) is 1. The maximum absolute atomic E-state index is 14.0. The summed E-state index contributed by atoms with van der Waals surface area (Å²) < 4.78 is 42.0. The highest BCUT2D eigenvalue weighted by molar-refractivity contribution is 8.04. The molecule has 130 valence electrons. The van der Waals surface area contributed by atoms with Gasteiger partial charge in [-0.05, 0) is 31.7 Å². The lowest BCUT2D eigenvalue weighted by Gasteiger charge is -2.44. The van der Waals surface area contributed by atoms with Crippen molar-refractivity contribution in [1.82, 2.24) is 10.2 Å². The predicted octanol–water partition coefficient (Wildman–Crippen LogP) is 4.88. The number of hydrogen-bond donors (Lipinski definition) is 1. The van der Waals surface area contributed by atoms with Crippen molar-refractivity contribution in [2.24, 2.45) is 0 Å². The van der Waals surface area contributed by atoms with Crippen LogP contribution >= 0.6 is 11.8 Å². The van der Waals surface area contributed by atoms with Crippen LogP contribution in [0.2, 0.25) is 0 Å². The normalized spacial score (nSPS) is 27.4. The van der Waals surface area contributed by atoms with E-state index in [0.29, 0.717) is 29.8 Å². The van der Waals surface area contributed by atoms with Gasteiger partial charge in [0.05, 0.1) is 5.03 Å². The first kappa shape index (κ1) is 17.2. The van der Waals surface area contributed by atoms with E-state index in [1.54, 1.807) is 18.2 Å². The molecule has 2 aliphatic rings. The number of urea groups is 1. The molecule has 2 amide bonds. The van der Waals surface area contributed by atoms with Gasteiger partial charge in [0, 0.05) is 6.54 Å². The molecule has 7 heteroatoms. The Balaban J connectivity index is 2.07. The van der Waals surface area contributed by atoms with Gasteiger partial charge < -0.3 is 5.32 Å². The highest BCUT2D eigenvalue weighted by Gasteiger charge is 2.61. The van der Waals surface area contributed by atoms with Crippen LogP contribution in [-0.4, -0.2) is 23.7 Å². The van der Waals surface area contributed by atoms with Gasteiger partial charge in [-0.25, -0.2) is 4.79 Å². The monoisotopic (exact) mass is 356 g/mol. The molecule has 2 heterocycles. The molecule has 3 rings (SSSR count). The molecule has 1 aromatic carbocycles. The number of nitrogens with one attached hydrogen (secondary N) is 1. The molecule has 0 aromatic heterocycles. The van der Waals surface area contributed by atoms with E-state index >= 15 is 0 Å². The summed E-state index contributed by atoms with van der Waals surface area (Å²) in [5.74, 6) is 0. The molecule has 3 nitrogen and oxygen atoms in total. The number of thioether (sulfide) groups is 1. The summed E-state index contributed by atoms with van der Waals surface area (Å²) in [6.45, 7) is 2.27. The summed E-state index contributed by atoms with van der Waals surface area (Å²) in [7, 11) is 0. The van der Waals surface area contributed by atoms with Crippen molar-refractivity contribution >= 4 is 17.8 Å². The zero-order chi connectivity index (χ0) is 17.4. The minimum Gasteiger partial charge on any atom is -0.311 e. The molecule has 1 saturated heterocycles. The van der Waals surface area contributed by atoms with Crippen LogP contribution < -0.4 is 5.32 Å². The Kier molecular flexibility index (Phi) is 4.55. The van der Waals surface area contributed by atoms with Crippen molar-refractivity contribution < 1.29 is 18.0 Å².